The average molecular weight is 838 g/mol. The topological polar surface area (TPSA) is 149 Å². The second-order valence-electron chi connectivity index (χ2n) is 12.9. The predicted octanol–water partition coefficient (Wildman–Crippen LogP) is 11.8. The number of hydrogen-bond acceptors (Lipinski definition) is 5. The van der Waals surface area contributed by atoms with Gasteiger partial charge in [0.05, 0.1) is 33.8 Å². The van der Waals surface area contributed by atoms with Crippen molar-refractivity contribution in [1.82, 2.24) is 25.7 Å². The molecule has 8 rings (SSSR count). The van der Waals surface area contributed by atoms with Crippen molar-refractivity contribution >= 4 is 74.4 Å². The molecule has 4 amide bonds. The highest BCUT2D eigenvalue weighted by Gasteiger charge is 2.30. The van der Waals surface area contributed by atoms with Crippen LogP contribution in [0.25, 0.3) is 44.1 Å². The van der Waals surface area contributed by atoms with Gasteiger partial charge in [0.15, 0.2) is 11.6 Å². The molecule has 11 nitrogen and oxygen atoms in total. The normalized spacial score (nSPS) is 11.1. The Morgan fingerprint density at radius 3 is 1.61 bits per heavy atom. The summed E-state index contributed by atoms with van der Waals surface area (Å²) in [4.78, 5) is 24.6. The van der Waals surface area contributed by atoms with E-state index in [1.165, 1.54) is 12.1 Å². The molecule has 16 heteroatoms. The monoisotopic (exact) mass is 836 g/mol. The fourth-order valence-corrected chi connectivity index (χ4v) is 6.58. The Morgan fingerprint density at radius 2 is 1.14 bits per heavy atom. The molecular weight excluding hydrogens is 804 g/mol. The maximum absolute atomic E-state index is 12.6. The van der Waals surface area contributed by atoms with Crippen LogP contribution in [0.5, 0.6) is 5.75 Å². The second-order valence-corrected chi connectivity index (χ2v) is 13.8. The van der Waals surface area contributed by atoms with Crippen molar-refractivity contribution in [3.05, 3.63) is 155 Å². The van der Waals surface area contributed by atoms with Crippen LogP contribution in [-0.2, 0) is 12.7 Å². The molecule has 0 aliphatic heterocycles. The number of methoxy groups -OCH3 is 1. The van der Waals surface area contributed by atoms with Crippen LogP contribution in [0.4, 0.5) is 40.1 Å². The van der Waals surface area contributed by atoms with Crippen molar-refractivity contribution in [3.8, 4) is 28.0 Å². The smallest absolute Gasteiger partial charge is 0.416 e. The number of urea groups is 2. The average Bonchev–Trinajstić information content (AvgIpc) is 3.82. The number of carbonyl (C=O) groups is 2. The lowest BCUT2D eigenvalue weighted by Crippen LogP contribution is -2.28. The summed E-state index contributed by atoms with van der Waals surface area (Å²) in [6, 6.07) is 37.3. The lowest BCUT2D eigenvalue weighted by molar-refractivity contribution is -0.137. The number of aromatic amines is 2. The first-order valence-corrected chi connectivity index (χ1v) is 18.6. The van der Waals surface area contributed by atoms with Crippen molar-refractivity contribution in [2.75, 3.05) is 23.1 Å². The summed E-state index contributed by atoms with van der Waals surface area (Å²) in [6.07, 6.45) is -4.44. The zero-order chi connectivity index (χ0) is 41.5. The van der Waals surface area contributed by atoms with Gasteiger partial charge in [-0.05, 0) is 77.4 Å². The summed E-state index contributed by atoms with van der Waals surface area (Å²) < 4.78 is 43.1. The molecule has 6 aromatic carbocycles. The molecule has 0 aliphatic rings. The molecule has 0 saturated carbocycles. The summed E-state index contributed by atoms with van der Waals surface area (Å²) in [6.45, 7) is 0.388. The summed E-state index contributed by atoms with van der Waals surface area (Å²) in [5.41, 5.74) is 5.32. The van der Waals surface area contributed by atoms with Gasteiger partial charge in [-0.3, -0.25) is 20.8 Å². The van der Waals surface area contributed by atoms with Crippen LogP contribution in [0.2, 0.25) is 10.0 Å². The van der Waals surface area contributed by atoms with Gasteiger partial charge < -0.3 is 15.4 Å². The number of H-pyrrole nitrogens is 2. The van der Waals surface area contributed by atoms with E-state index in [1.54, 1.807) is 13.2 Å². The Hall–Kier alpha value is -7.03. The quantitative estimate of drug-likeness (QED) is 0.0901. The maximum atomic E-state index is 12.6. The van der Waals surface area contributed by atoms with Crippen LogP contribution in [0.3, 0.4) is 0 Å². The van der Waals surface area contributed by atoms with E-state index in [1.807, 2.05) is 103 Å². The Labute approximate surface area is 344 Å². The molecule has 8 aromatic rings. The van der Waals surface area contributed by atoms with Crippen LogP contribution in [-0.4, -0.2) is 39.6 Å². The molecule has 2 heterocycles. The number of amides is 4. The highest BCUT2D eigenvalue weighted by atomic mass is 35.5. The van der Waals surface area contributed by atoms with Gasteiger partial charge in [-0.15, -0.1) is 0 Å². The van der Waals surface area contributed by atoms with E-state index in [0.717, 1.165) is 56.6 Å². The maximum Gasteiger partial charge on any atom is 0.416 e. The molecule has 0 atom stereocenters. The fraction of sp³-hybridized carbons (Fsp3) is 0.0698. The Morgan fingerprint density at radius 1 is 0.644 bits per heavy atom. The van der Waals surface area contributed by atoms with Crippen LogP contribution in [0.15, 0.2) is 133 Å². The minimum atomic E-state index is -4.44. The number of fused-ring (bicyclic) bond motifs is 2. The van der Waals surface area contributed by atoms with Crippen molar-refractivity contribution in [3.63, 3.8) is 0 Å². The van der Waals surface area contributed by atoms with Gasteiger partial charge in [0.25, 0.3) is 0 Å². The standard InChI is InChI=1S/C22H19ClN4O2.C21H14ClF3N4O/c1-29-16-9-7-14(8-10-16)13-24-22(28)25-21-18-11-17(15-5-3-2-4-6-15)19(23)12-20(18)26-27-21;22-17-11-18-16(10-15(17)12-4-2-1-3-5-12)19(29-28-18)27-20(30)26-14-8-6-13(7-9-14)21(23,24)25/h2-12H,13H2,1H3,(H3,24,25,26,27,28);1-11H,(H3,26,27,28,29,30). The highest BCUT2D eigenvalue weighted by Crippen LogP contribution is 2.36. The van der Waals surface area contributed by atoms with Gasteiger partial charge in [-0.25, -0.2) is 9.59 Å². The van der Waals surface area contributed by atoms with Crippen LogP contribution < -0.4 is 26.0 Å². The number of ether oxygens (including phenoxy) is 1. The van der Waals surface area contributed by atoms with E-state index in [-0.39, 0.29) is 17.5 Å². The third-order valence-corrected chi connectivity index (χ3v) is 9.64. The number of alkyl halides is 3. The first kappa shape index (κ1) is 40.2. The van der Waals surface area contributed by atoms with Crippen molar-refractivity contribution in [2.45, 2.75) is 12.7 Å². The summed E-state index contributed by atoms with van der Waals surface area (Å²) in [5, 5.41) is 27.3. The predicted molar refractivity (Wildman–Crippen MR) is 226 cm³/mol. The van der Waals surface area contributed by atoms with Crippen molar-refractivity contribution < 1.29 is 27.5 Å². The Bertz CT molecular complexity index is 2730. The minimum Gasteiger partial charge on any atom is -0.497 e. The summed E-state index contributed by atoms with van der Waals surface area (Å²) in [7, 11) is 1.62. The molecule has 0 unspecified atom stereocenters. The molecule has 0 aliphatic carbocycles. The Balaban J connectivity index is 0.000000179. The van der Waals surface area contributed by atoms with E-state index in [0.29, 0.717) is 33.3 Å². The van der Waals surface area contributed by atoms with Gasteiger partial charge in [0, 0.05) is 34.1 Å². The molecular formula is C43H33Cl2F3N8O3. The molecule has 0 radical (unpaired) electrons. The number of hydrogen-bond donors (Lipinski definition) is 6. The van der Waals surface area contributed by atoms with E-state index in [2.05, 4.69) is 41.7 Å². The zero-order valence-electron chi connectivity index (χ0n) is 30.9. The number of aromatic nitrogens is 4. The summed E-state index contributed by atoms with van der Waals surface area (Å²) in [5.74, 6) is 1.48. The van der Waals surface area contributed by atoms with E-state index >= 15 is 0 Å². The lowest BCUT2D eigenvalue weighted by atomic mass is 10.0. The molecule has 0 saturated heterocycles. The molecule has 298 valence electrons. The van der Waals surface area contributed by atoms with E-state index in [4.69, 9.17) is 27.9 Å². The number of carbonyl (C=O) groups excluding carboxylic acids is 2. The van der Waals surface area contributed by atoms with E-state index in [9.17, 15) is 22.8 Å². The number of nitrogens with zero attached hydrogens (tertiary/aromatic N) is 2. The molecule has 0 fully saturated rings. The van der Waals surface area contributed by atoms with Gasteiger partial charge in [0.2, 0.25) is 0 Å². The first-order valence-electron chi connectivity index (χ1n) is 17.8. The van der Waals surface area contributed by atoms with Crippen LogP contribution in [0.1, 0.15) is 11.1 Å². The van der Waals surface area contributed by atoms with Crippen LogP contribution in [0, 0.1) is 0 Å². The number of anilines is 3. The van der Waals surface area contributed by atoms with Gasteiger partial charge in [-0.2, -0.15) is 23.4 Å². The first-order chi connectivity index (χ1) is 28.4. The van der Waals surface area contributed by atoms with Gasteiger partial charge in [-0.1, -0.05) is 96.0 Å². The molecule has 2 aromatic heterocycles. The molecule has 0 bridgehead atoms. The summed E-state index contributed by atoms with van der Waals surface area (Å²) >= 11 is 12.8. The number of nitrogens with one attached hydrogen (secondary N) is 6. The van der Waals surface area contributed by atoms with Crippen LogP contribution >= 0.6 is 23.2 Å². The SMILES string of the molecule is COc1ccc(CNC(=O)Nc2n[nH]c3cc(Cl)c(-c4ccccc4)cc23)cc1.O=C(Nc1ccc(C(F)(F)F)cc1)Nc1n[nH]c2cc(Cl)c(-c3ccccc3)cc12. The molecule has 6 N–H and O–H groups in total. The number of rotatable bonds is 8. The third kappa shape index (κ3) is 9.75. The number of halogens is 5. The van der Waals surface area contributed by atoms with Crippen molar-refractivity contribution in [2.24, 2.45) is 0 Å². The fourth-order valence-electron chi connectivity index (χ4n) is 6.03. The molecule has 0 spiro atoms. The van der Waals surface area contributed by atoms with E-state index < -0.39 is 17.8 Å². The largest absolute Gasteiger partial charge is 0.497 e. The Kier molecular flexibility index (Phi) is 12.0. The molecule has 59 heavy (non-hydrogen) atoms. The third-order valence-electron chi connectivity index (χ3n) is 9.02. The lowest BCUT2D eigenvalue weighted by Gasteiger charge is -2.09. The van der Waals surface area contributed by atoms with Crippen molar-refractivity contribution in [1.29, 1.82) is 0 Å². The second kappa shape index (κ2) is 17.6. The van der Waals surface area contributed by atoms with Gasteiger partial charge >= 0.3 is 18.2 Å². The van der Waals surface area contributed by atoms with Gasteiger partial charge in [0.1, 0.15) is 5.75 Å². The zero-order valence-corrected chi connectivity index (χ0v) is 32.4. The minimum absolute atomic E-state index is 0.216. The number of benzene rings is 6. The highest BCUT2D eigenvalue weighted by molar-refractivity contribution is 6.35.